The Labute approximate surface area is 126 Å². The average Bonchev–Trinajstić information content (AvgIpc) is 2.77. The second-order valence-electron chi connectivity index (χ2n) is 5.55. The first-order chi connectivity index (χ1) is 10.0. The van der Waals surface area contributed by atoms with Crippen molar-refractivity contribution in [2.45, 2.75) is 46.6 Å². The summed E-state index contributed by atoms with van der Waals surface area (Å²) in [4.78, 5) is 11.8. The lowest BCUT2D eigenvalue weighted by Crippen LogP contribution is -2.22. The molecule has 0 aliphatic carbocycles. The van der Waals surface area contributed by atoms with Gasteiger partial charge < -0.3 is 9.73 Å². The maximum absolute atomic E-state index is 11.8. The number of amides is 1. The molecule has 1 N–H and O–H groups in total. The summed E-state index contributed by atoms with van der Waals surface area (Å²) in [5.41, 5.74) is 3.61. The van der Waals surface area contributed by atoms with Crippen molar-refractivity contribution in [2.24, 2.45) is 0 Å². The Bertz CT molecular complexity index is 596. The van der Waals surface area contributed by atoms with Gasteiger partial charge in [-0.25, -0.2) is 0 Å². The number of aryl methyl sites for hydroxylation is 4. The minimum atomic E-state index is 0.0976. The molecule has 0 fully saturated rings. The van der Waals surface area contributed by atoms with E-state index in [4.69, 9.17) is 4.42 Å². The van der Waals surface area contributed by atoms with Crippen molar-refractivity contribution in [3.63, 3.8) is 0 Å². The number of carbonyl (C=O) groups is 1. The molecule has 0 aliphatic rings. The maximum Gasteiger partial charge on any atom is 0.220 e. The molecule has 0 atom stereocenters. The van der Waals surface area contributed by atoms with E-state index in [0.717, 1.165) is 29.9 Å². The van der Waals surface area contributed by atoms with Crippen LogP contribution in [0.3, 0.4) is 0 Å². The minimum absolute atomic E-state index is 0.0976. The highest BCUT2D eigenvalue weighted by atomic mass is 16.3. The van der Waals surface area contributed by atoms with Gasteiger partial charge in [0.05, 0.1) is 0 Å². The van der Waals surface area contributed by atoms with Gasteiger partial charge >= 0.3 is 0 Å². The number of carbonyl (C=O) groups excluding carboxylic acids is 1. The SMILES string of the molecule is Cc1ccc(CCCC(=O)NCc2cc(C)oc2C)cc1. The molecule has 2 rings (SSSR count). The van der Waals surface area contributed by atoms with Gasteiger partial charge in [-0.3, -0.25) is 4.79 Å². The second-order valence-corrected chi connectivity index (χ2v) is 5.55. The van der Waals surface area contributed by atoms with Crippen molar-refractivity contribution in [1.82, 2.24) is 5.32 Å². The minimum Gasteiger partial charge on any atom is -0.466 e. The Morgan fingerprint density at radius 3 is 2.48 bits per heavy atom. The van der Waals surface area contributed by atoms with E-state index in [1.165, 1.54) is 11.1 Å². The van der Waals surface area contributed by atoms with Crippen LogP contribution in [0.2, 0.25) is 0 Å². The normalized spacial score (nSPS) is 10.6. The highest BCUT2D eigenvalue weighted by molar-refractivity contribution is 5.75. The highest BCUT2D eigenvalue weighted by Gasteiger charge is 2.06. The lowest BCUT2D eigenvalue weighted by Gasteiger charge is -2.05. The Hall–Kier alpha value is -2.03. The van der Waals surface area contributed by atoms with E-state index in [1.807, 2.05) is 19.9 Å². The number of hydrogen-bond donors (Lipinski definition) is 1. The molecule has 21 heavy (non-hydrogen) atoms. The van der Waals surface area contributed by atoms with Gasteiger partial charge in [0.25, 0.3) is 0 Å². The number of benzene rings is 1. The molecular weight excluding hydrogens is 262 g/mol. The van der Waals surface area contributed by atoms with Gasteiger partial charge in [0.2, 0.25) is 5.91 Å². The molecule has 1 heterocycles. The molecule has 112 valence electrons. The first-order valence-electron chi connectivity index (χ1n) is 7.43. The predicted octanol–water partition coefficient (Wildman–Crippen LogP) is 3.84. The maximum atomic E-state index is 11.8. The molecule has 0 unspecified atom stereocenters. The molecule has 1 aromatic heterocycles. The van der Waals surface area contributed by atoms with Crippen LogP contribution in [0.4, 0.5) is 0 Å². The van der Waals surface area contributed by atoms with E-state index >= 15 is 0 Å². The number of hydrogen-bond acceptors (Lipinski definition) is 2. The summed E-state index contributed by atoms with van der Waals surface area (Å²) < 4.78 is 5.44. The quantitative estimate of drug-likeness (QED) is 0.876. The van der Waals surface area contributed by atoms with Gasteiger partial charge in [-0.2, -0.15) is 0 Å². The Morgan fingerprint density at radius 2 is 1.86 bits per heavy atom. The predicted molar refractivity (Wildman–Crippen MR) is 84.1 cm³/mol. The van der Waals surface area contributed by atoms with Crippen LogP contribution in [0.15, 0.2) is 34.7 Å². The van der Waals surface area contributed by atoms with Gasteiger partial charge in [0, 0.05) is 18.5 Å². The van der Waals surface area contributed by atoms with Crippen LogP contribution in [0.25, 0.3) is 0 Å². The fraction of sp³-hybridized carbons (Fsp3) is 0.389. The first kappa shape index (κ1) is 15.4. The van der Waals surface area contributed by atoms with Gasteiger partial charge in [0.15, 0.2) is 0 Å². The van der Waals surface area contributed by atoms with Crippen molar-refractivity contribution in [3.8, 4) is 0 Å². The highest BCUT2D eigenvalue weighted by Crippen LogP contribution is 2.13. The molecule has 0 saturated carbocycles. The average molecular weight is 285 g/mol. The fourth-order valence-corrected chi connectivity index (χ4v) is 2.35. The molecule has 0 spiro atoms. The van der Waals surface area contributed by atoms with E-state index in [-0.39, 0.29) is 5.91 Å². The molecule has 0 radical (unpaired) electrons. The van der Waals surface area contributed by atoms with E-state index in [2.05, 4.69) is 36.5 Å². The Kier molecular flexibility index (Phi) is 5.20. The zero-order valence-corrected chi connectivity index (χ0v) is 13.0. The third-order valence-electron chi connectivity index (χ3n) is 3.61. The van der Waals surface area contributed by atoms with Crippen LogP contribution >= 0.6 is 0 Å². The number of nitrogens with one attached hydrogen (secondary N) is 1. The molecule has 0 aliphatic heterocycles. The van der Waals surface area contributed by atoms with Crippen LogP contribution in [-0.2, 0) is 17.8 Å². The Morgan fingerprint density at radius 1 is 1.14 bits per heavy atom. The summed E-state index contributed by atoms with van der Waals surface area (Å²) in [6.45, 7) is 6.47. The van der Waals surface area contributed by atoms with Gasteiger partial charge in [-0.15, -0.1) is 0 Å². The van der Waals surface area contributed by atoms with Crippen molar-refractivity contribution >= 4 is 5.91 Å². The van der Waals surface area contributed by atoms with E-state index in [9.17, 15) is 4.79 Å². The molecule has 2 aromatic rings. The van der Waals surface area contributed by atoms with Crippen LogP contribution < -0.4 is 5.32 Å². The molecule has 1 amide bonds. The van der Waals surface area contributed by atoms with E-state index in [0.29, 0.717) is 13.0 Å². The standard InChI is InChI=1S/C18H23NO2/c1-13-7-9-16(10-8-13)5-4-6-18(20)19-12-17-11-14(2)21-15(17)3/h7-11H,4-6,12H2,1-3H3,(H,19,20). The van der Waals surface area contributed by atoms with Gasteiger partial charge in [-0.1, -0.05) is 29.8 Å². The topological polar surface area (TPSA) is 42.2 Å². The summed E-state index contributed by atoms with van der Waals surface area (Å²) in [5.74, 6) is 1.86. The van der Waals surface area contributed by atoms with Crippen molar-refractivity contribution in [2.75, 3.05) is 0 Å². The van der Waals surface area contributed by atoms with Crippen LogP contribution in [-0.4, -0.2) is 5.91 Å². The number of furan rings is 1. The summed E-state index contributed by atoms with van der Waals surface area (Å²) in [5, 5.41) is 2.95. The molecule has 3 nitrogen and oxygen atoms in total. The van der Waals surface area contributed by atoms with Crippen LogP contribution in [0.5, 0.6) is 0 Å². The molecular formula is C18H23NO2. The van der Waals surface area contributed by atoms with Gasteiger partial charge in [-0.05, 0) is 45.2 Å². The zero-order chi connectivity index (χ0) is 15.2. The molecule has 0 bridgehead atoms. The summed E-state index contributed by atoms with van der Waals surface area (Å²) in [6.07, 6.45) is 2.37. The van der Waals surface area contributed by atoms with Crippen molar-refractivity contribution < 1.29 is 9.21 Å². The lowest BCUT2D eigenvalue weighted by atomic mass is 10.1. The monoisotopic (exact) mass is 285 g/mol. The van der Waals surface area contributed by atoms with Crippen LogP contribution in [0, 0.1) is 20.8 Å². The molecule has 1 aromatic carbocycles. The van der Waals surface area contributed by atoms with Crippen molar-refractivity contribution in [3.05, 3.63) is 58.5 Å². The zero-order valence-electron chi connectivity index (χ0n) is 13.0. The Balaban J connectivity index is 1.70. The first-order valence-corrected chi connectivity index (χ1v) is 7.43. The third kappa shape index (κ3) is 4.78. The van der Waals surface area contributed by atoms with Crippen LogP contribution in [0.1, 0.15) is 41.1 Å². The summed E-state index contributed by atoms with van der Waals surface area (Å²) in [6, 6.07) is 10.5. The summed E-state index contributed by atoms with van der Waals surface area (Å²) >= 11 is 0. The molecule has 0 saturated heterocycles. The molecule has 3 heteroatoms. The fourth-order valence-electron chi connectivity index (χ4n) is 2.35. The largest absolute Gasteiger partial charge is 0.466 e. The van der Waals surface area contributed by atoms with Crippen molar-refractivity contribution in [1.29, 1.82) is 0 Å². The lowest BCUT2D eigenvalue weighted by molar-refractivity contribution is -0.121. The smallest absolute Gasteiger partial charge is 0.220 e. The van der Waals surface area contributed by atoms with E-state index in [1.54, 1.807) is 0 Å². The number of rotatable bonds is 6. The summed E-state index contributed by atoms with van der Waals surface area (Å²) in [7, 11) is 0. The second kappa shape index (κ2) is 7.11. The van der Waals surface area contributed by atoms with E-state index < -0.39 is 0 Å². The third-order valence-corrected chi connectivity index (χ3v) is 3.61. The van der Waals surface area contributed by atoms with Gasteiger partial charge in [0.1, 0.15) is 11.5 Å².